The van der Waals surface area contributed by atoms with Gasteiger partial charge in [0.2, 0.25) is 0 Å². The van der Waals surface area contributed by atoms with Gasteiger partial charge in [-0.05, 0) is 12.8 Å². The van der Waals surface area contributed by atoms with E-state index in [1.165, 1.54) is 10.8 Å². The van der Waals surface area contributed by atoms with Crippen molar-refractivity contribution in [1.29, 1.82) is 0 Å². The molecule has 1 saturated heterocycles. The molecule has 1 aliphatic carbocycles. The van der Waals surface area contributed by atoms with Crippen LogP contribution >= 0.6 is 23.5 Å². The molecule has 3 rings (SSSR count). The largest absolute Gasteiger partial charge is 0.490 e. The second kappa shape index (κ2) is 8.96. The highest BCUT2D eigenvalue weighted by Gasteiger charge is 2.47. The van der Waals surface area contributed by atoms with Crippen LogP contribution in [0.1, 0.15) is 30.6 Å². The van der Waals surface area contributed by atoms with Crippen LogP contribution in [-0.4, -0.2) is 64.3 Å². The van der Waals surface area contributed by atoms with E-state index in [4.69, 9.17) is 19.4 Å². The maximum absolute atomic E-state index is 12.2. The normalized spacial score (nSPS) is 30.1. The number of aliphatic hydroxyl groups is 2. The summed E-state index contributed by atoms with van der Waals surface area (Å²) in [7, 11) is -16.8. The van der Waals surface area contributed by atoms with Crippen LogP contribution in [0.15, 0.2) is 15.8 Å². The van der Waals surface area contributed by atoms with Gasteiger partial charge in [0, 0.05) is 12.2 Å². The zero-order chi connectivity index (χ0) is 24.1. The van der Waals surface area contributed by atoms with Crippen molar-refractivity contribution < 1.29 is 61.4 Å². The van der Waals surface area contributed by atoms with Gasteiger partial charge in [-0.1, -0.05) is 0 Å². The Morgan fingerprint density at radius 2 is 1.66 bits per heavy atom. The van der Waals surface area contributed by atoms with Gasteiger partial charge in [-0.2, -0.15) is 8.62 Å². The van der Waals surface area contributed by atoms with E-state index >= 15 is 0 Å². The molecule has 1 aromatic heterocycles. The van der Waals surface area contributed by atoms with Crippen molar-refractivity contribution in [2.45, 2.75) is 43.3 Å². The third kappa shape index (κ3) is 6.30. The molecule has 0 spiro atoms. The monoisotopic (exact) mass is 524 g/mol. The van der Waals surface area contributed by atoms with E-state index < -0.39 is 65.7 Å². The van der Waals surface area contributed by atoms with Crippen molar-refractivity contribution >= 4 is 23.5 Å². The van der Waals surface area contributed by atoms with Crippen molar-refractivity contribution in [2.75, 3.05) is 6.61 Å². The summed E-state index contributed by atoms with van der Waals surface area (Å²) < 4.78 is 51.7. The summed E-state index contributed by atoms with van der Waals surface area (Å²) in [6, 6.07) is -0.136. The van der Waals surface area contributed by atoms with E-state index in [1.54, 1.807) is 0 Å². The van der Waals surface area contributed by atoms with Crippen molar-refractivity contribution in [3.63, 3.8) is 0 Å². The zero-order valence-corrected chi connectivity index (χ0v) is 18.4. The Bertz CT molecular complexity index is 1120. The van der Waals surface area contributed by atoms with E-state index in [9.17, 15) is 38.4 Å². The van der Waals surface area contributed by atoms with Crippen LogP contribution in [0.25, 0.3) is 0 Å². The smallest absolute Gasteiger partial charge is 0.387 e. The summed E-state index contributed by atoms with van der Waals surface area (Å²) in [5, 5.41) is 20.4. The predicted octanol–water partition coefficient (Wildman–Crippen LogP) is -1.62. The average molecular weight is 524 g/mol. The van der Waals surface area contributed by atoms with Crippen LogP contribution in [-0.2, 0) is 31.6 Å². The first-order valence-corrected chi connectivity index (χ1v) is 13.3. The third-order valence-electron chi connectivity index (χ3n) is 4.42. The third-order valence-corrected chi connectivity index (χ3v) is 8.23. The Morgan fingerprint density at radius 3 is 2.22 bits per heavy atom. The average Bonchev–Trinajstić information content (AvgIpc) is 3.39. The van der Waals surface area contributed by atoms with E-state index in [0.29, 0.717) is 12.8 Å². The van der Waals surface area contributed by atoms with Gasteiger partial charge in [0.1, 0.15) is 24.4 Å². The lowest BCUT2D eigenvalue weighted by molar-refractivity contribution is -0.0228. The first-order valence-electron chi connectivity index (χ1n) is 8.74. The molecule has 1 saturated carbocycles. The molecular formula is C12H19N2O15P3. The number of aromatic nitrogens is 2. The maximum Gasteiger partial charge on any atom is 0.490 e. The highest BCUT2D eigenvalue weighted by molar-refractivity contribution is 7.66. The Balaban J connectivity index is 1.70. The maximum atomic E-state index is 12.2. The van der Waals surface area contributed by atoms with Gasteiger partial charge in [-0.15, -0.1) is 0 Å². The molecule has 2 fully saturated rings. The summed E-state index contributed by atoms with van der Waals surface area (Å²) in [6.07, 6.45) is -3.95. The van der Waals surface area contributed by atoms with Gasteiger partial charge >= 0.3 is 29.2 Å². The number of aliphatic hydroxyl groups excluding tert-OH is 2. The molecule has 0 bridgehead atoms. The minimum Gasteiger partial charge on any atom is -0.387 e. The molecule has 0 aromatic carbocycles. The standard InChI is InChI=1S/C12H19N2O15P3/c15-8-7(4-26-31(22,23)29-32(24,25)28-30(19,20)21)27-10(9(8)16)6-3-14(5-1-2-5)12(18)13-11(6)17/h3,5,7-10,15-16H,1-2,4H2,(H,22,23)(H,24,25)(H,13,17,18)(H2,19,20,21)/t7-,8?,9?,10+/m1/s1. The number of nitrogens with zero attached hydrogens (tertiary/aromatic N) is 1. The number of nitrogens with one attached hydrogen (secondary N) is 1. The summed E-state index contributed by atoms with van der Waals surface area (Å²) in [5.41, 5.74) is -1.76. The van der Waals surface area contributed by atoms with Crippen LogP contribution in [0.2, 0.25) is 0 Å². The first kappa shape index (κ1) is 25.6. The van der Waals surface area contributed by atoms with Crippen molar-refractivity contribution in [1.82, 2.24) is 9.55 Å². The fourth-order valence-corrected chi connectivity index (χ4v) is 5.97. The zero-order valence-electron chi connectivity index (χ0n) is 15.7. The molecule has 2 aliphatic rings. The topological polar surface area (TPSA) is 264 Å². The van der Waals surface area contributed by atoms with E-state index in [1.807, 2.05) is 0 Å². The number of aromatic amines is 1. The molecule has 1 aliphatic heterocycles. The number of phosphoric ester groups is 1. The lowest BCUT2D eigenvalue weighted by Gasteiger charge is -2.19. The molecule has 6 atom stereocenters. The minimum absolute atomic E-state index is 0.136. The molecular weight excluding hydrogens is 505 g/mol. The molecule has 1 aromatic rings. The van der Waals surface area contributed by atoms with Crippen molar-refractivity contribution in [3.05, 3.63) is 32.6 Å². The SMILES string of the molecule is O=c1[nH]c(=O)n(C2CC2)cc1[C@@H]1O[C@H](COP(=O)(O)OP(=O)(O)OP(=O)(O)O)C(O)C1O. The molecule has 32 heavy (non-hydrogen) atoms. The summed E-state index contributed by atoms with van der Waals surface area (Å²) in [4.78, 5) is 61.6. The van der Waals surface area contributed by atoms with Crippen LogP contribution in [0.5, 0.6) is 0 Å². The molecule has 17 nitrogen and oxygen atoms in total. The minimum atomic E-state index is -5.74. The number of hydrogen-bond donors (Lipinski definition) is 7. The van der Waals surface area contributed by atoms with E-state index in [2.05, 4.69) is 18.1 Å². The summed E-state index contributed by atoms with van der Waals surface area (Å²) in [6.45, 7) is -1.03. The van der Waals surface area contributed by atoms with Gasteiger partial charge in [-0.3, -0.25) is 18.9 Å². The Hall–Kier alpha value is -1.03. The molecule has 182 valence electrons. The van der Waals surface area contributed by atoms with E-state index in [-0.39, 0.29) is 11.6 Å². The lowest BCUT2D eigenvalue weighted by Crippen LogP contribution is -2.36. The van der Waals surface area contributed by atoms with Crippen LogP contribution in [0.3, 0.4) is 0 Å². The molecule has 0 amide bonds. The number of ether oxygens (including phenoxy) is 1. The van der Waals surface area contributed by atoms with E-state index in [0.717, 1.165) is 0 Å². The van der Waals surface area contributed by atoms with Gasteiger partial charge in [0.15, 0.2) is 0 Å². The Morgan fingerprint density at radius 1 is 1.03 bits per heavy atom. The number of rotatable bonds is 9. The number of phosphoric acid groups is 3. The van der Waals surface area contributed by atoms with Gasteiger partial charge in [0.05, 0.1) is 12.2 Å². The fraction of sp³-hybridized carbons (Fsp3) is 0.667. The van der Waals surface area contributed by atoms with Gasteiger partial charge < -0.3 is 34.5 Å². The fourth-order valence-electron chi connectivity index (χ4n) is 2.94. The highest BCUT2D eigenvalue weighted by atomic mass is 31.3. The second-order valence-electron chi connectivity index (χ2n) is 6.95. The Labute approximate surface area is 177 Å². The second-order valence-corrected chi connectivity index (χ2v) is 11.4. The van der Waals surface area contributed by atoms with Crippen molar-refractivity contribution in [2.24, 2.45) is 0 Å². The van der Waals surface area contributed by atoms with Crippen molar-refractivity contribution in [3.8, 4) is 0 Å². The Kier molecular flexibility index (Phi) is 7.17. The van der Waals surface area contributed by atoms with Gasteiger partial charge in [-0.25, -0.2) is 18.5 Å². The molecule has 7 N–H and O–H groups in total. The first-order chi connectivity index (χ1) is 14.6. The van der Waals surface area contributed by atoms with Crippen LogP contribution in [0, 0.1) is 0 Å². The number of hydrogen-bond acceptors (Lipinski definition) is 11. The summed E-state index contributed by atoms with van der Waals surface area (Å²) in [5.74, 6) is 0. The quantitative estimate of drug-likeness (QED) is 0.179. The molecule has 4 unspecified atom stereocenters. The number of H-pyrrole nitrogens is 1. The predicted molar refractivity (Wildman–Crippen MR) is 99.0 cm³/mol. The highest BCUT2D eigenvalue weighted by Crippen LogP contribution is 2.66. The van der Waals surface area contributed by atoms with Crippen LogP contribution < -0.4 is 11.2 Å². The van der Waals surface area contributed by atoms with Crippen LogP contribution in [0.4, 0.5) is 0 Å². The molecule has 0 radical (unpaired) electrons. The summed E-state index contributed by atoms with van der Waals surface area (Å²) >= 11 is 0. The van der Waals surface area contributed by atoms with Gasteiger partial charge in [0.25, 0.3) is 5.56 Å². The molecule has 20 heteroatoms. The lowest BCUT2D eigenvalue weighted by atomic mass is 10.0. The molecule has 2 heterocycles.